The summed E-state index contributed by atoms with van der Waals surface area (Å²) in [6.45, 7) is 1.17. The van der Waals surface area contributed by atoms with Crippen molar-refractivity contribution in [3.63, 3.8) is 0 Å². The smallest absolute Gasteiger partial charge is 0.167 e. The molecule has 0 saturated heterocycles. The Balaban J connectivity index is 2.43. The predicted molar refractivity (Wildman–Crippen MR) is 58.1 cm³/mol. The van der Waals surface area contributed by atoms with Crippen molar-refractivity contribution in [2.75, 3.05) is 20.3 Å². The fourth-order valence-corrected chi connectivity index (χ4v) is 1.65. The molecule has 2 rings (SSSR count). The summed E-state index contributed by atoms with van der Waals surface area (Å²) in [5.41, 5.74) is 0.956. The zero-order chi connectivity index (χ0) is 10.7. The van der Waals surface area contributed by atoms with Crippen LogP contribution in [-0.2, 0) is 0 Å². The van der Waals surface area contributed by atoms with E-state index in [1.165, 1.54) is 0 Å². The molecule has 1 atom stereocenters. The Morgan fingerprint density at radius 1 is 1.40 bits per heavy atom. The minimum Gasteiger partial charge on any atom is -0.486 e. The average molecular weight is 203 g/mol. The van der Waals surface area contributed by atoms with Crippen LogP contribution in [0.5, 0.6) is 11.5 Å². The lowest BCUT2D eigenvalue weighted by molar-refractivity contribution is 0.169. The van der Waals surface area contributed by atoms with Gasteiger partial charge in [0, 0.05) is 5.56 Å². The Kier molecular flexibility index (Phi) is 2.79. The third kappa shape index (κ3) is 1.77. The number of hydrogen-bond donors (Lipinski definition) is 1. The van der Waals surface area contributed by atoms with Crippen LogP contribution < -0.4 is 14.8 Å². The van der Waals surface area contributed by atoms with E-state index in [-0.39, 0.29) is 6.04 Å². The van der Waals surface area contributed by atoms with Crippen molar-refractivity contribution in [3.8, 4) is 23.8 Å². The quantitative estimate of drug-likeness (QED) is 0.736. The first-order valence-corrected chi connectivity index (χ1v) is 4.88. The van der Waals surface area contributed by atoms with Gasteiger partial charge in [-0.3, -0.25) is 0 Å². The monoisotopic (exact) mass is 203 g/mol. The van der Waals surface area contributed by atoms with Gasteiger partial charge in [0.25, 0.3) is 0 Å². The Bertz CT molecular complexity index is 395. The highest BCUT2D eigenvalue weighted by Gasteiger charge is 2.19. The van der Waals surface area contributed by atoms with E-state index < -0.39 is 0 Å². The summed E-state index contributed by atoms with van der Waals surface area (Å²) in [6.07, 6.45) is 5.44. The molecular weight excluding hydrogens is 190 g/mol. The summed E-state index contributed by atoms with van der Waals surface area (Å²) >= 11 is 0. The lowest BCUT2D eigenvalue weighted by Crippen LogP contribution is -2.20. The molecule has 1 aromatic rings. The zero-order valence-corrected chi connectivity index (χ0v) is 8.62. The van der Waals surface area contributed by atoms with E-state index in [0.717, 1.165) is 17.1 Å². The van der Waals surface area contributed by atoms with Crippen molar-refractivity contribution < 1.29 is 9.47 Å². The maximum atomic E-state index is 5.58. The van der Waals surface area contributed by atoms with Crippen LogP contribution in [0.15, 0.2) is 18.2 Å². The number of hydrogen-bond acceptors (Lipinski definition) is 3. The van der Waals surface area contributed by atoms with Crippen LogP contribution in [0.1, 0.15) is 11.6 Å². The number of ether oxygens (including phenoxy) is 2. The van der Waals surface area contributed by atoms with Gasteiger partial charge in [0.15, 0.2) is 11.5 Å². The molecule has 0 spiro atoms. The molecule has 0 bridgehead atoms. The number of terminal acetylenes is 1. The van der Waals surface area contributed by atoms with Gasteiger partial charge in [-0.1, -0.05) is 18.1 Å². The van der Waals surface area contributed by atoms with Gasteiger partial charge in [-0.05, 0) is 13.1 Å². The Hall–Kier alpha value is -1.66. The van der Waals surface area contributed by atoms with Gasteiger partial charge < -0.3 is 14.8 Å². The van der Waals surface area contributed by atoms with E-state index in [0.29, 0.717) is 13.2 Å². The molecular formula is C12H13NO2. The van der Waals surface area contributed by atoms with E-state index in [1.807, 2.05) is 25.2 Å². The Morgan fingerprint density at radius 3 is 2.93 bits per heavy atom. The first-order chi connectivity index (χ1) is 7.36. The number of rotatable bonds is 2. The Labute approximate surface area is 89.4 Å². The van der Waals surface area contributed by atoms with E-state index in [4.69, 9.17) is 15.9 Å². The van der Waals surface area contributed by atoms with Gasteiger partial charge in [0.1, 0.15) is 13.2 Å². The molecule has 0 aromatic heterocycles. The molecule has 1 heterocycles. The maximum absolute atomic E-state index is 5.58. The second-order valence-electron chi connectivity index (χ2n) is 3.26. The second-order valence-corrected chi connectivity index (χ2v) is 3.26. The van der Waals surface area contributed by atoms with Gasteiger partial charge >= 0.3 is 0 Å². The van der Waals surface area contributed by atoms with Crippen molar-refractivity contribution in [1.82, 2.24) is 5.32 Å². The molecule has 0 saturated carbocycles. The van der Waals surface area contributed by atoms with Crippen molar-refractivity contribution >= 4 is 0 Å². The molecule has 1 N–H and O–H groups in total. The standard InChI is InChI=1S/C12H13NO2/c1-3-10(13-2)9-5-4-6-11-12(9)15-8-7-14-11/h1,4-6,10,13H,7-8H2,2H3. The van der Waals surface area contributed by atoms with Crippen LogP contribution >= 0.6 is 0 Å². The summed E-state index contributed by atoms with van der Waals surface area (Å²) in [5.74, 6) is 4.21. The molecule has 1 aliphatic heterocycles. The summed E-state index contributed by atoms with van der Waals surface area (Å²) in [5, 5.41) is 3.05. The van der Waals surface area contributed by atoms with Gasteiger partial charge in [-0.15, -0.1) is 6.42 Å². The van der Waals surface area contributed by atoms with Gasteiger partial charge in [-0.2, -0.15) is 0 Å². The molecule has 0 fully saturated rings. The highest BCUT2D eigenvalue weighted by molar-refractivity contribution is 5.50. The fourth-order valence-electron chi connectivity index (χ4n) is 1.65. The molecule has 1 aromatic carbocycles. The predicted octanol–water partition coefficient (Wildman–Crippen LogP) is 1.35. The minimum absolute atomic E-state index is 0.137. The van der Waals surface area contributed by atoms with Crippen molar-refractivity contribution in [2.45, 2.75) is 6.04 Å². The van der Waals surface area contributed by atoms with Crippen LogP contribution in [-0.4, -0.2) is 20.3 Å². The second kappa shape index (κ2) is 4.24. The first kappa shape index (κ1) is 9.88. The van der Waals surface area contributed by atoms with E-state index in [2.05, 4.69) is 11.2 Å². The zero-order valence-electron chi connectivity index (χ0n) is 8.62. The molecule has 1 unspecified atom stereocenters. The SMILES string of the molecule is C#CC(NC)c1cccc2c1OCCO2. The van der Waals surface area contributed by atoms with Gasteiger partial charge in [-0.25, -0.2) is 0 Å². The van der Waals surface area contributed by atoms with Crippen molar-refractivity contribution in [3.05, 3.63) is 23.8 Å². The average Bonchev–Trinajstić information content (AvgIpc) is 2.31. The number of fused-ring (bicyclic) bond motifs is 1. The highest BCUT2D eigenvalue weighted by Crippen LogP contribution is 2.36. The highest BCUT2D eigenvalue weighted by atomic mass is 16.6. The minimum atomic E-state index is -0.137. The normalized spacial score (nSPS) is 15.5. The van der Waals surface area contributed by atoms with E-state index in [1.54, 1.807) is 0 Å². The molecule has 15 heavy (non-hydrogen) atoms. The number of benzene rings is 1. The van der Waals surface area contributed by atoms with Crippen LogP contribution in [0.2, 0.25) is 0 Å². The molecule has 0 radical (unpaired) electrons. The van der Waals surface area contributed by atoms with Gasteiger partial charge in [0.2, 0.25) is 0 Å². The largest absolute Gasteiger partial charge is 0.486 e. The van der Waals surface area contributed by atoms with Crippen LogP contribution in [0.3, 0.4) is 0 Å². The number of nitrogens with one attached hydrogen (secondary N) is 1. The van der Waals surface area contributed by atoms with E-state index in [9.17, 15) is 0 Å². The maximum Gasteiger partial charge on any atom is 0.167 e. The molecule has 0 amide bonds. The third-order valence-electron chi connectivity index (χ3n) is 2.36. The third-order valence-corrected chi connectivity index (χ3v) is 2.36. The van der Waals surface area contributed by atoms with Crippen LogP contribution in [0.25, 0.3) is 0 Å². The fraction of sp³-hybridized carbons (Fsp3) is 0.333. The molecule has 3 nitrogen and oxygen atoms in total. The number of para-hydroxylation sites is 1. The van der Waals surface area contributed by atoms with Crippen LogP contribution in [0, 0.1) is 12.3 Å². The summed E-state index contributed by atoms with van der Waals surface area (Å²) in [4.78, 5) is 0. The summed E-state index contributed by atoms with van der Waals surface area (Å²) in [6, 6.07) is 5.63. The van der Waals surface area contributed by atoms with Gasteiger partial charge in [0.05, 0.1) is 6.04 Å². The molecule has 0 aliphatic carbocycles. The first-order valence-electron chi connectivity index (χ1n) is 4.88. The van der Waals surface area contributed by atoms with Crippen LogP contribution in [0.4, 0.5) is 0 Å². The molecule has 1 aliphatic rings. The lowest BCUT2D eigenvalue weighted by Gasteiger charge is -2.22. The molecule has 3 heteroatoms. The summed E-state index contributed by atoms with van der Waals surface area (Å²) in [7, 11) is 1.83. The van der Waals surface area contributed by atoms with E-state index >= 15 is 0 Å². The Morgan fingerprint density at radius 2 is 2.20 bits per heavy atom. The topological polar surface area (TPSA) is 30.5 Å². The molecule has 78 valence electrons. The lowest BCUT2D eigenvalue weighted by atomic mass is 10.1. The summed E-state index contributed by atoms with van der Waals surface area (Å²) < 4.78 is 11.1. The van der Waals surface area contributed by atoms with Crippen molar-refractivity contribution in [2.24, 2.45) is 0 Å². The van der Waals surface area contributed by atoms with Crippen molar-refractivity contribution in [1.29, 1.82) is 0 Å².